The predicted octanol–water partition coefficient (Wildman–Crippen LogP) is 2.23. The van der Waals surface area contributed by atoms with Crippen molar-refractivity contribution in [2.45, 2.75) is 26.3 Å². The normalized spacial score (nSPS) is 11.1. The van der Waals surface area contributed by atoms with Crippen LogP contribution in [0.3, 0.4) is 0 Å². The Morgan fingerprint density at radius 1 is 1.56 bits per heavy atom. The fraction of sp³-hybridized carbons (Fsp3) is 0.364. The minimum Gasteiger partial charge on any atom is -0.481 e. The van der Waals surface area contributed by atoms with Crippen LogP contribution in [0.15, 0.2) is 18.2 Å². The van der Waals surface area contributed by atoms with Gasteiger partial charge in [-0.1, -0.05) is 13.8 Å². The number of nitrogens with two attached hydrogens (primary N) is 1. The molecule has 1 aromatic carbocycles. The fourth-order valence-electron chi connectivity index (χ4n) is 1.23. The second kappa shape index (κ2) is 7.33. The lowest BCUT2D eigenvalue weighted by molar-refractivity contribution is -0.385. The van der Waals surface area contributed by atoms with E-state index in [0.717, 1.165) is 18.2 Å². The zero-order valence-corrected chi connectivity index (χ0v) is 10.1. The second-order valence-electron chi connectivity index (χ2n) is 3.17. The highest BCUT2D eigenvalue weighted by molar-refractivity contribution is 5.68. The molecule has 0 aliphatic heterocycles. The number of hydrogen-bond acceptors (Lipinski definition) is 4. The van der Waals surface area contributed by atoms with E-state index < -0.39 is 29.2 Å². The molecule has 3 N–H and O–H groups in total. The lowest BCUT2D eigenvalue weighted by atomic mass is 10.0. The fourth-order valence-corrected chi connectivity index (χ4v) is 1.23. The number of carboxylic acids is 1. The van der Waals surface area contributed by atoms with Gasteiger partial charge in [0.1, 0.15) is 5.82 Å². The highest BCUT2D eigenvalue weighted by Crippen LogP contribution is 2.23. The van der Waals surface area contributed by atoms with Crippen molar-refractivity contribution in [3.8, 4) is 0 Å². The summed E-state index contributed by atoms with van der Waals surface area (Å²) in [6.45, 7) is 4.00. The van der Waals surface area contributed by atoms with Gasteiger partial charge in [-0.3, -0.25) is 14.9 Å². The summed E-state index contributed by atoms with van der Waals surface area (Å²) >= 11 is 0. The summed E-state index contributed by atoms with van der Waals surface area (Å²) in [7, 11) is 0. The Morgan fingerprint density at radius 2 is 2.11 bits per heavy atom. The summed E-state index contributed by atoms with van der Waals surface area (Å²) in [5, 5.41) is 18.9. The van der Waals surface area contributed by atoms with Gasteiger partial charge in [0.15, 0.2) is 0 Å². The van der Waals surface area contributed by atoms with Crippen molar-refractivity contribution in [1.82, 2.24) is 0 Å². The van der Waals surface area contributed by atoms with Crippen molar-refractivity contribution in [1.29, 1.82) is 0 Å². The van der Waals surface area contributed by atoms with Crippen LogP contribution in [0, 0.1) is 15.9 Å². The third kappa shape index (κ3) is 4.46. The molecule has 1 unspecified atom stereocenters. The molecule has 0 fully saturated rings. The van der Waals surface area contributed by atoms with Crippen molar-refractivity contribution in [3.63, 3.8) is 0 Å². The molecule has 7 heteroatoms. The van der Waals surface area contributed by atoms with Crippen LogP contribution in [0.4, 0.5) is 10.1 Å². The first-order valence-corrected chi connectivity index (χ1v) is 5.33. The third-order valence-corrected chi connectivity index (χ3v) is 1.98. The Hall–Kier alpha value is -2.02. The predicted molar refractivity (Wildman–Crippen MR) is 63.6 cm³/mol. The standard InChI is InChI=1S/C9H9FN2O4.C2H6/c10-7-2-1-5(12(15)16)3-6(7)8(11)4-9(13)14;1-2/h1-3,8H,4,11H2,(H,13,14);1-2H3. The summed E-state index contributed by atoms with van der Waals surface area (Å²) in [5.41, 5.74) is 4.93. The number of rotatable bonds is 4. The number of nitrogens with zero attached hydrogens (tertiary/aromatic N) is 1. The quantitative estimate of drug-likeness (QED) is 0.636. The number of benzene rings is 1. The largest absolute Gasteiger partial charge is 0.481 e. The molecule has 18 heavy (non-hydrogen) atoms. The highest BCUT2D eigenvalue weighted by atomic mass is 19.1. The van der Waals surface area contributed by atoms with Gasteiger partial charge in [-0.25, -0.2) is 4.39 Å². The van der Waals surface area contributed by atoms with Crippen molar-refractivity contribution in [2.24, 2.45) is 5.73 Å². The minimum absolute atomic E-state index is 0.170. The Labute approximate surface area is 103 Å². The average molecular weight is 258 g/mol. The molecule has 0 amide bonds. The van der Waals surface area contributed by atoms with E-state index in [1.165, 1.54) is 0 Å². The van der Waals surface area contributed by atoms with Gasteiger partial charge in [0, 0.05) is 23.7 Å². The van der Waals surface area contributed by atoms with Crippen molar-refractivity contribution < 1.29 is 19.2 Å². The third-order valence-electron chi connectivity index (χ3n) is 1.98. The number of hydrogen-bond donors (Lipinski definition) is 2. The highest BCUT2D eigenvalue weighted by Gasteiger charge is 2.18. The Balaban J connectivity index is 0.00000137. The number of carboxylic acid groups (broad SMARTS) is 1. The van der Waals surface area contributed by atoms with Gasteiger partial charge in [-0.15, -0.1) is 0 Å². The number of halogens is 1. The van der Waals surface area contributed by atoms with Gasteiger partial charge in [-0.2, -0.15) is 0 Å². The van der Waals surface area contributed by atoms with Gasteiger partial charge < -0.3 is 10.8 Å². The number of carbonyl (C=O) groups is 1. The molecule has 100 valence electrons. The molecule has 1 aromatic rings. The maximum Gasteiger partial charge on any atom is 0.305 e. The number of nitro groups is 1. The first-order valence-electron chi connectivity index (χ1n) is 5.33. The van der Waals surface area contributed by atoms with E-state index in [-0.39, 0.29) is 11.3 Å². The van der Waals surface area contributed by atoms with Gasteiger partial charge in [0.25, 0.3) is 5.69 Å². The molecule has 0 saturated heterocycles. The molecule has 0 saturated carbocycles. The molecule has 0 heterocycles. The van der Waals surface area contributed by atoms with E-state index in [9.17, 15) is 19.3 Å². The van der Waals surface area contributed by atoms with Crippen molar-refractivity contribution in [2.75, 3.05) is 0 Å². The van der Waals surface area contributed by atoms with E-state index >= 15 is 0 Å². The molecular weight excluding hydrogens is 243 g/mol. The topological polar surface area (TPSA) is 106 Å². The second-order valence-corrected chi connectivity index (χ2v) is 3.17. The molecule has 0 aliphatic carbocycles. The van der Waals surface area contributed by atoms with Gasteiger partial charge in [0.05, 0.1) is 11.3 Å². The monoisotopic (exact) mass is 258 g/mol. The summed E-state index contributed by atoms with van der Waals surface area (Å²) in [5.74, 6) is -1.95. The molecule has 0 radical (unpaired) electrons. The molecule has 0 aromatic heterocycles. The van der Waals surface area contributed by atoms with Crippen LogP contribution in [-0.2, 0) is 4.79 Å². The minimum atomic E-state index is -1.20. The molecule has 1 rings (SSSR count). The summed E-state index contributed by atoms with van der Waals surface area (Å²) in [6, 6.07) is 1.74. The van der Waals surface area contributed by atoms with Crippen LogP contribution < -0.4 is 5.73 Å². The van der Waals surface area contributed by atoms with E-state index in [1.807, 2.05) is 13.8 Å². The van der Waals surface area contributed by atoms with E-state index in [4.69, 9.17) is 10.8 Å². The smallest absolute Gasteiger partial charge is 0.305 e. The molecule has 0 spiro atoms. The first-order chi connectivity index (χ1) is 8.41. The maximum absolute atomic E-state index is 13.2. The molecule has 6 nitrogen and oxygen atoms in total. The maximum atomic E-state index is 13.2. The van der Waals surface area contributed by atoms with Crippen LogP contribution in [-0.4, -0.2) is 16.0 Å². The van der Waals surface area contributed by atoms with E-state index in [1.54, 1.807) is 0 Å². The van der Waals surface area contributed by atoms with Gasteiger partial charge in [0.2, 0.25) is 0 Å². The molecular formula is C11H15FN2O4. The van der Waals surface area contributed by atoms with Crippen LogP contribution in [0.25, 0.3) is 0 Å². The average Bonchev–Trinajstić information content (AvgIpc) is 2.30. The molecule has 0 bridgehead atoms. The number of nitro benzene ring substituents is 1. The number of non-ortho nitro benzene ring substituents is 1. The Kier molecular flexibility index (Phi) is 6.51. The summed E-state index contributed by atoms with van der Waals surface area (Å²) < 4.78 is 13.2. The lowest BCUT2D eigenvalue weighted by Crippen LogP contribution is -2.16. The van der Waals surface area contributed by atoms with Crippen molar-refractivity contribution >= 4 is 11.7 Å². The van der Waals surface area contributed by atoms with Crippen LogP contribution in [0.1, 0.15) is 31.9 Å². The molecule has 1 atom stereocenters. The molecule has 0 aliphatic rings. The Bertz CT molecular complexity index is 437. The van der Waals surface area contributed by atoms with E-state index in [0.29, 0.717) is 0 Å². The zero-order chi connectivity index (χ0) is 14.3. The summed E-state index contributed by atoms with van der Waals surface area (Å²) in [4.78, 5) is 20.1. The SMILES string of the molecule is CC.NC(CC(=O)O)c1cc([N+](=O)[O-])ccc1F. The lowest BCUT2D eigenvalue weighted by Gasteiger charge is -2.09. The first kappa shape index (κ1) is 16.0. The van der Waals surface area contributed by atoms with Gasteiger partial charge in [-0.05, 0) is 6.07 Å². The summed E-state index contributed by atoms with van der Waals surface area (Å²) in [6.07, 6.45) is -0.488. The van der Waals surface area contributed by atoms with Gasteiger partial charge >= 0.3 is 5.97 Å². The Morgan fingerprint density at radius 3 is 2.56 bits per heavy atom. The van der Waals surface area contributed by atoms with Crippen LogP contribution >= 0.6 is 0 Å². The van der Waals surface area contributed by atoms with Crippen molar-refractivity contribution in [3.05, 3.63) is 39.7 Å². The van der Waals surface area contributed by atoms with Crippen LogP contribution in [0.5, 0.6) is 0 Å². The van der Waals surface area contributed by atoms with Crippen LogP contribution in [0.2, 0.25) is 0 Å². The zero-order valence-electron chi connectivity index (χ0n) is 10.1. The number of aliphatic carboxylic acids is 1. The van der Waals surface area contributed by atoms with E-state index in [2.05, 4.69) is 0 Å².